The van der Waals surface area contributed by atoms with Crippen LogP contribution in [0.3, 0.4) is 0 Å². The quantitative estimate of drug-likeness (QED) is 0.874. The van der Waals surface area contributed by atoms with E-state index < -0.39 is 0 Å². The Labute approximate surface area is 120 Å². The van der Waals surface area contributed by atoms with Gasteiger partial charge in [-0.15, -0.1) is 0 Å². The van der Waals surface area contributed by atoms with Crippen molar-refractivity contribution in [2.75, 3.05) is 5.32 Å². The monoisotopic (exact) mass is 322 g/mol. The summed E-state index contributed by atoms with van der Waals surface area (Å²) in [4.78, 5) is 4.10. The maximum absolute atomic E-state index is 6.15. The molecule has 1 unspecified atom stereocenters. The lowest BCUT2D eigenvalue weighted by Gasteiger charge is -2.16. The lowest BCUT2D eigenvalue weighted by Crippen LogP contribution is -2.07. The van der Waals surface area contributed by atoms with E-state index >= 15 is 0 Å². The minimum atomic E-state index is 0.319. The van der Waals surface area contributed by atoms with E-state index in [1.165, 1.54) is 15.6 Å². The summed E-state index contributed by atoms with van der Waals surface area (Å²) < 4.78 is 1.20. The Morgan fingerprint density at radius 3 is 3.06 bits per heavy atom. The zero-order valence-electron chi connectivity index (χ0n) is 9.66. The Bertz CT molecular complexity index is 586. The number of rotatable bonds is 2. The predicted molar refractivity (Wildman–Crippen MR) is 78.1 cm³/mol. The third-order valence-electron chi connectivity index (χ3n) is 3.31. The fraction of sp³-hybridized carbons (Fsp3) is 0.214. The molecule has 0 radical (unpaired) electrons. The van der Waals surface area contributed by atoms with Crippen molar-refractivity contribution in [3.05, 3.63) is 57.3 Å². The molecule has 1 heterocycles. The highest BCUT2D eigenvalue weighted by molar-refractivity contribution is 9.10. The molecule has 3 rings (SSSR count). The minimum Gasteiger partial charge on any atom is -0.376 e. The van der Waals surface area contributed by atoms with E-state index in [0.717, 1.165) is 18.5 Å². The Morgan fingerprint density at radius 2 is 2.22 bits per heavy atom. The summed E-state index contributed by atoms with van der Waals surface area (Å²) in [5.41, 5.74) is 3.65. The Hall–Kier alpha value is -1.06. The second-order valence-corrected chi connectivity index (χ2v) is 5.66. The summed E-state index contributed by atoms with van der Waals surface area (Å²) >= 11 is 9.76. The Kier molecular flexibility index (Phi) is 3.27. The Morgan fingerprint density at radius 1 is 1.33 bits per heavy atom. The molecule has 92 valence electrons. The molecule has 0 saturated carbocycles. The van der Waals surface area contributed by atoms with Crippen molar-refractivity contribution in [2.45, 2.75) is 18.9 Å². The van der Waals surface area contributed by atoms with Crippen LogP contribution in [-0.2, 0) is 6.42 Å². The van der Waals surface area contributed by atoms with E-state index in [1.54, 1.807) is 18.5 Å². The molecule has 2 aromatic rings. The largest absolute Gasteiger partial charge is 0.376 e. The molecule has 0 saturated heterocycles. The number of nitrogens with one attached hydrogen (secondary N) is 1. The van der Waals surface area contributed by atoms with Crippen molar-refractivity contribution in [3.8, 4) is 0 Å². The highest BCUT2D eigenvalue weighted by Gasteiger charge is 2.24. The first-order valence-corrected chi connectivity index (χ1v) is 7.06. The van der Waals surface area contributed by atoms with Crippen LogP contribution in [0.5, 0.6) is 0 Å². The highest BCUT2D eigenvalue weighted by atomic mass is 79.9. The lowest BCUT2D eigenvalue weighted by atomic mass is 10.1. The van der Waals surface area contributed by atoms with Gasteiger partial charge in [-0.25, -0.2) is 0 Å². The number of halogens is 2. The SMILES string of the molecule is Clc1ccncc1NC1CCc2c(Br)cccc21. The maximum Gasteiger partial charge on any atom is 0.0720 e. The summed E-state index contributed by atoms with van der Waals surface area (Å²) in [7, 11) is 0. The van der Waals surface area contributed by atoms with Gasteiger partial charge in [-0.3, -0.25) is 4.98 Å². The highest BCUT2D eigenvalue weighted by Crippen LogP contribution is 2.38. The van der Waals surface area contributed by atoms with Gasteiger partial charge in [0.25, 0.3) is 0 Å². The molecule has 1 aromatic carbocycles. The summed E-state index contributed by atoms with van der Waals surface area (Å²) in [6, 6.07) is 8.47. The number of hydrogen-bond acceptors (Lipinski definition) is 2. The molecule has 0 fully saturated rings. The molecule has 0 amide bonds. The number of pyridine rings is 1. The molecule has 18 heavy (non-hydrogen) atoms. The van der Waals surface area contributed by atoms with E-state index in [4.69, 9.17) is 11.6 Å². The van der Waals surface area contributed by atoms with Crippen molar-refractivity contribution in [1.82, 2.24) is 4.98 Å². The molecule has 0 bridgehead atoms. The number of fused-ring (bicyclic) bond motifs is 1. The summed E-state index contributed by atoms with van der Waals surface area (Å²) in [6.07, 6.45) is 5.65. The average molecular weight is 324 g/mol. The van der Waals surface area contributed by atoms with E-state index in [2.05, 4.69) is 44.4 Å². The molecular formula is C14H12BrClN2. The van der Waals surface area contributed by atoms with E-state index in [0.29, 0.717) is 11.1 Å². The van der Waals surface area contributed by atoms with E-state index in [9.17, 15) is 0 Å². The van der Waals surface area contributed by atoms with Crippen LogP contribution in [0.4, 0.5) is 5.69 Å². The third-order valence-corrected chi connectivity index (χ3v) is 4.38. The van der Waals surface area contributed by atoms with Crippen molar-refractivity contribution in [2.24, 2.45) is 0 Å². The zero-order valence-corrected chi connectivity index (χ0v) is 12.0. The lowest BCUT2D eigenvalue weighted by molar-refractivity contribution is 0.761. The van der Waals surface area contributed by atoms with Gasteiger partial charge < -0.3 is 5.32 Å². The molecule has 1 N–H and O–H groups in total. The van der Waals surface area contributed by atoms with Crippen molar-refractivity contribution >= 4 is 33.2 Å². The first kappa shape index (κ1) is 12.0. The predicted octanol–water partition coefficient (Wildman–Crippen LogP) is 4.60. The van der Waals surface area contributed by atoms with Crippen molar-refractivity contribution < 1.29 is 0 Å². The second-order valence-electron chi connectivity index (χ2n) is 4.40. The average Bonchev–Trinajstić information content (AvgIpc) is 2.77. The van der Waals surface area contributed by atoms with Crippen LogP contribution < -0.4 is 5.32 Å². The van der Waals surface area contributed by atoms with Gasteiger partial charge in [-0.2, -0.15) is 0 Å². The molecule has 1 atom stereocenters. The molecule has 4 heteroatoms. The number of anilines is 1. The molecule has 1 aliphatic carbocycles. The van der Waals surface area contributed by atoms with Crippen molar-refractivity contribution in [1.29, 1.82) is 0 Å². The summed E-state index contributed by atoms with van der Waals surface area (Å²) in [5, 5.41) is 4.19. The minimum absolute atomic E-state index is 0.319. The number of hydrogen-bond donors (Lipinski definition) is 1. The van der Waals surface area contributed by atoms with Gasteiger partial charge in [0.2, 0.25) is 0 Å². The molecule has 0 spiro atoms. The van der Waals surface area contributed by atoms with Crippen LogP contribution in [0, 0.1) is 0 Å². The van der Waals surface area contributed by atoms with Gasteiger partial charge in [-0.05, 0) is 36.1 Å². The summed E-state index contributed by atoms with van der Waals surface area (Å²) in [6.45, 7) is 0. The zero-order chi connectivity index (χ0) is 12.5. The van der Waals surface area contributed by atoms with Gasteiger partial charge in [0.05, 0.1) is 22.9 Å². The fourth-order valence-corrected chi connectivity index (χ4v) is 3.17. The van der Waals surface area contributed by atoms with Gasteiger partial charge in [-0.1, -0.05) is 39.7 Å². The van der Waals surface area contributed by atoms with Crippen LogP contribution in [0.25, 0.3) is 0 Å². The maximum atomic E-state index is 6.15. The topological polar surface area (TPSA) is 24.9 Å². The first-order chi connectivity index (χ1) is 8.75. The second kappa shape index (κ2) is 4.90. The normalized spacial score (nSPS) is 17.6. The van der Waals surface area contributed by atoms with Crippen molar-refractivity contribution in [3.63, 3.8) is 0 Å². The number of nitrogens with zero attached hydrogens (tertiary/aromatic N) is 1. The van der Waals surface area contributed by atoms with Gasteiger partial charge in [0.15, 0.2) is 0 Å². The van der Waals surface area contributed by atoms with Crippen LogP contribution in [0.15, 0.2) is 41.1 Å². The first-order valence-electron chi connectivity index (χ1n) is 5.89. The van der Waals surface area contributed by atoms with Gasteiger partial charge >= 0.3 is 0 Å². The van der Waals surface area contributed by atoms with E-state index in [1.807, 2.05) is 0 Å². The molecular weight excluding hydrogens is 312 g/mol. The van der Waals surface area contributed by atoms with Crippen LogP contribution >= 0.6 is 27.5 Å². The van der Waals surface area contributed by atoms with Crippen LogP contribution in [-0.4, -0.2) is 4.98 Å². The smallest absolute Gasteiger partial charge is 0.0720 e. The summed E-state index contributed by atoms with van der Waals surface area (Å²) in [5.74, 6) is 0. The number of benzene rings is 1. The molecule has 0 aliphatic heterocycles. The third kappa shape index (κ3) is 2.13. The van der Waals surface area contributed by atoms with E-state index in [-0.39, 0.29) is 0 Å². The molecule has 2 nitrogen and oxygen atoms in total. The van der Waals surface area contributed by atoms with Gasteiger partial charge in [0.1, 0.15) is 0 Å². The van der Waals surface area contributed by atoms with Gasteiger partial charge in [0, 0.05) is 10.7 Å². The molecule has 1 aromatic heterocycles. The van der Waals surface area contributed by atoms with Crippen LogP contribution in [0.2, 0.25) is 5.02 Å². The fourth-order valence-electron chi connectivity index (χ4n) is 2.43. The standard InChI is InChI=1S/C14H12BrClN2/c15-11-3-1-2-10-9(11)4-5-13(10)18-14-8-17-7-6-12(14)16/h1-3,6-8,13,18H,4-5H2. The Balaban J connectivity index is 1.90. The number of aromatic nitrogens is 1. The molecule has 1 aliphatic rings. The van der Waals surface area contributed by atoms with Crippen LogP contribution in [0.1, 0.15) is 23.6 Å².